The summed E-state index contributed by atoms with van der Waals surface area (Å²) in [5.41, 5.74) is 0.246. The van der Waals surface area contributed by atoms with Crippen molar-refractivity contribution in [2.45, 2.75) is 33.2 Å². The summed E-state index contributed by atoms with van der Waals surface area (Å²) in [7, 11) is 0. The van der Waals surface area contributed by atoms with Crippen molar-refractivity contribution in [3.8, 4) is 0 Å². The molecule has 5 unspecified atom stereocenters. The molecule has 1 aromatic rings. The topological polar surface area (TPSA) is 124 Å². The quantitative estimate of drug-likeness (QED) is 0.159. The molecule has 32 heavy (non-hydrogen) atoms. The number of esters is 1. The molecule has 0 aromatic heterocycles. The largest absolute Gasteiger partial charge is 0.456 e. The van der Waals surface area contributed by atoms with Gasteiger partial charge in [-0.25, -0.2) is 4.79 Å². The molecule has 4 rings (SSSR count). The van der Waals surface area contributed by atoms with Crippen molar-refractivity contribution in [3.05, 3.63) is 51.6 Å². The number of fused-ring (bicyclic) bond motifs is 5. The Morgan fingerprint density at radius 3 is 2.28 bits per heavy atom. The number of ketones is 1. The summed E-state index contributed by atoms with van der Waals surface area (Å²) in [6.07, 6.45) is 4.74. The molecule has 2 fully saturated rings. The van der Waals surface area contributed by atoms with Crippen LogP contribution in [0.4, 0.5) is 5.69 Å². The van der Waals surface area contributed by atoms with Crippen LogP contribution in [-0.2, 0) is 19.1 Å². The zero-order valence-electron chi connectivity index (χ0n) is 18.0. The predicted molar refractivity (Wildman–Crippen MR) is 111 cm³/mol. The van der Waals surface area contributed by atoms with Crippen LogP contribution in [0.1, 0.15) is 36.2 Å². The first kappa shape index (κ1) is 21.9. The average molecular weight is 440 g/mol. The molecule has 3 aliphatic rings. The minimum Gasteiger partial charge on any atom is -0.456 e. The van der Waals surface area contributed by atoms with E-state index >= 15 is 0 Å². The molecule has 2 aliphatic carbocycles. The summed E-state index contributed by atoms with van der Waals surface area (Å²) < 4.78 is 5.19. The lowest BCUT2D eigenvalue weighted by Gasteiger charge is -2.28. The highest BCUT2D eigenvalue weighted by Gasteiger charge is 2.61. The van der Waals surface area contributed by atoms with Crippen molar-refractivity contribution >= 4 is 29.3 Å². The van der Waals surface area contributed by atoms with E-state index in [-0.39, 0.29) is 34.9 Å². The molecule has 1 aromatic carbocycles. The minimum atomic E-state index is -1.12. The Morgan fingerprint density at radius 1 is 1.16 bits per heavy atom. The average Bonchev–Trinajstić information content (AvgIpc) is 3.42. The molecule has 2 bridgehead atoms. The molecule has 168 valence electrons. The van der Waals surface area contributed by atoms with Crippen LogP contribution in [0, 0.1) is 46.6 Å². The Labute approximate surface area is 184 Å². The molecule has 1 heterocycles. The zero-order chi connectivity index (χ0) is 23.3. The fourth-order valence-corrected chi connectivity index (χ4v) is 5.16. The number of imide groups is 1. The first-order valence-corrected chi connectivity index (χ1v) is 10.6. The lowest BCUT2D eigenvalue weighted by atomic mass is 9.85. The fourth-order valence-electron chi connectivity index (χ4n) is 5.16. The molecular weight excluding hydrogens is 416 g/mol. The van der Waals surface area contributed by atoms with Gasteiger partial charge in [-0.2, -0.15) is 0 Å². The van der Waals surface area contributed by atoms with Gasteiger partial charge in [0.05, 0.1) is 16.8 Å². The molecule has 1 saturated heterocycles. The number of nitrogens with zero attached hydrogens (tertiary/aromatic N) is 2. The molecule has 5 atom stereocenters. The van der Waals surface area contributed by atoms with Gasteiger partial charge in [0.25, 0.3) is 5.69 Å². The standard InChI is InChI=1S/C23H24N2O7/c1-11(2)20(24-21(27)18-14-6-7-15(8-14)19(18)22(24)28)23(29)32-10-17(26)13-5-4-12(3)16(9-13)25(30)31/h4-7,9,11,14-15,18-20H,8,10H2,1-3H3. The molecule has 1 aliphatic heterocycles. The highest BCUT2D eigenvalue weighted by Crippen LogP contribution is 2.53. The second-order valence-corrected chi connectivity index (χ2v) is 9.02. The van der Waals surface area contributed by atoms with Crippen LogP contribution in [-0.4, -0.2) is 46.0 Å². The number of nitro groups is 1. The van der Waals surface area contributed by atoms with Gasteiger partial charge in [-0.05, 0) is 31.1 Å². The summed E-state index contributed by atoms with van der Waals surface area (Å²) in [5, 5.41) is 11.1. The highest BCUT2D eigenvalue weighted by molar-refractivity contribution is 6.09. The van der Waals surface area contributed by atoms with Crippen LogP contribution in [0.5, 0.6) is 0 Å². The number of ether oxygens (including phenoxy) is 1. The fraction of sp³-hybridized carbons (Fsp3) is 0.478. The number of benzene rings is 1. The van der Waals surface area contributed by atoms with Crippen molar-refractivity contribution < 1.29 is 28.8 Å². The summed E-state index contributed by atoms with van der Waals surface area (Å²) in [5.74, 6) is -3.37. The predicted octanol–water partition coefficient (Wildman–Crippen LogP) is 2.46. The van der Waals surface area contributed by atoms with E-state index in [1.807, 2.05) is 12.2 Å². The van der Waals surface area contributed by atoms with E-state index in [1.54, 1.807) is 20.8 Å². The number of likely N-dealkylation sites (tertiary alicyclic amines) is 1. The van der Waals surface area contributed by atoms with Gasteiger partial charge in [0.15, 0.2) is 6.61 Å². The van der Waals surface area contributed by atoms with Crippen molar-refractivity contribution in [1.29, 1.82) is 0 Å². The number of amides is 2. The number of rotatable bonds is 7. The van der Waals surface area contributed by atoms with Gasteiger partial charge in [-0.15, -0.1) is 0 Å². The molecule has 9 nitrogen and oxygen atoms in total. The third-order valence-electron chi connectivity index (χ3n) is 6.73. The number of aryl methyl sites for hydroxylation is 1. The second-order valence-electron chi connectivity index (χ2n) is 9.02. The van der Waals surface area contributed by atoms with Crippen LogP contribution in [0.2, 0.25) is 0 Å². The van der Waals surface area contributed by atoms with E-state index < -0.39 is 47.1 Å². The number of hydrogen-bond donors (Lipinski definition) is 0. The van der Waals surface area contributed by atoms with E-state index in [2.05, 4.69) is 0 Å². The Kier molecular flexibility index (Phi) is 5.44. The third kappa shape index (κ3) is 3.41. The van der Waals surface area contributed by atoms with Crippen molar-refractivity contribution in [1.82, 2.24) is 4.90 Å². The third-order valence-corrected chi connectivity index (χ3v) is 6.73. The second kappa shape index (κ2) is 7.96. The monoisotopic (exact) mass is 440 g/mol. The van der Waals surface area contributed by atoms with Gasteiger partial charge in [0.2, 0.25) is 17.6 Å². The van der Waals surface area contributed by atoms with Crippen LogP contribution in [0.25, 0.3) is 0 Å². The Balaban J connectivity index is 1.48. The van der Waals surface area contributed by atoms with E-state index in [1.165, 1.54) is 12.1 Å². The summed E-state index contributed by atoms with van der Waals surface area (Å²) in [4.78, 5) is 63.0. The van der Waals surface area contributed by atoms with E-state index in [4.69, 9.17) is 4.74 Å². The van der Waals surface area contributed by atoms with Crippen LogP contribution in [0.15, 0.2) is 30.4 Å². The van der Waals surface area contributed by atoms with E-state index in [0.717, 1.165) is 17.4 Å². The lowest BCUT2D eigenvalue weighted by molar-refractivity contribution is -0.385. The summed E-state index contributed by atoms with van der Waals surface area (Å²) >= 11 is 0. The molecular formula is C23H24N2O7. The van der Waals surface area contributed by atoms with E-state index in [9.17, 15) is 29.3 Å². The Bertz CT molecular complexity index is 1030. The number of nitro benzene ring substituents is 1. The summed E-state index contributed by atoms with van der Waals surface area (Å²) in [6, 6.07) is 2.89. The maximum atomic E-state index is 13.1. The lowest BCUT2D eigenvalue weighted by Crippen LogP contribution is -2.50. The minimum absolute atomic E-state index is 0.0224. The van der Waals surface area contributed by atoms with Gasteiger partial charge in [0, 0.05) is 17.2 Å². The Morgan fingerprint density at radius 2 is 1.75 bits per heavy atom. The van der Waals surface area contributed by atoms with Crippen LogP contribution >= 0.6 is 0 Å². The van der Waals surface area contributed by atoms with E-state index in [0.29, 0.717) is 5.56 Å². The zero-order valence-corrected chi connectivity index (χ0v) is 18.0. The maximum Gasteiger partial charge on any atom is 0.330 e. The molecule has 2 amide bonds. The van der Waals surface area contributed by atoms with Gasteiger partial charge >= 0.3 is 5.97 Å². The number of allylic oxidation sites excluding steroid dienone is 2. The van der Waals surface area contributed by atoms with Crippen molar-refractivity contribution in [2.24, 2.45) is 29.6 Å². The number of hydrogen-bond acceptors (Lipinski definition) is 7. The van der Waals surface area contributed by atoms with Gasteiger partial charge < -0.3 is 4.74 Å². The van der Waals surface area contributed by atoms with Crippen LogP contribution < -0.4 is 0 Å². The molecule has 0 N–H and O–H groups in total. The maximum absolute atomic E-state index is 13.1. The van der Waals surface area contributed by atoms with Crippen molar-refractivity contribution in [2.75, 3.05) is 6.61 Å². The van der Waals surface area contributed by atoms with Gasteiger partial charge in [-0.3, -0.25) is 29.4 Å². The smallest absolute Gasteiger partial charge is 0.330 e. The highest BCUT2D eigenvalue weighted by atomic mass is 16.6. The van der Waals surface area contributed by atoms with Crippen LogP contribution in [0.3, 0.4) is 0 Å². The SMILES string of the molecule is Cc1ccc(C(=O)COC(=O)C(C(C)C)N2C(=O)C3C4C=CC(C4)C3C2=O)cc1[N+](=O)[O-]. The normalized spacial score (nSPS) is 26.6. The number of carbonyl (C=O) groups is 4. The Hall–Kier alpha value is -3.36. The first-order chi connectivity index (χ1) is 15.1. The van der Waals surface area contributed by atoms with Gasteiger partial charge in [0.1, 0.15) is 6.04 Å². The molecule has 9 heteroatoms. The molecule has 0 spiro atoms. The molecule has 1 saturated carbocycles. The summed E-state index contributed by atoms with van der Waals surface area (Å²) in [6.45, 7) is 4.33. The van der Waals surface area contributed by atoms with Gasteiger partial charge in [-0.1, -0.05) is 38.1 Å². The first-order valence-electron chi connectivity index (χ1n) is 10.6. The molecule has 0 radical (unpaired) electrons. The number of carbonyl (C=O) groups excluding carboxylic acids is 4. The van der Waals surface area contributed by atoms with Crippen molar-refractivity contribution in [3.63, 3.8) is 0 Å². The number of Topliss-reactive ketones (excluding diaryl/α,β-unsaturated/α-hetero) is 1.